The molecule has 1 saturated heterocycles. The topological polar surface area (TPSA) is 83.6 Å². The lowest BCUT2D eigenvalue weighted by molar-refractivity contribution is -0.149. The third-order valence-corrected chi connectivity index (χ3v) is 4.74. The average molecular weight is 258 g/mol. The molecule has 1 heterocycles. The number of carbonyl (C=O) groups excluding carboxylic acids is 1. The van der Waals surface area contributed by atoms with Crippen LogP contribution in [0.4, 0.5) is 0 Å². The minimum Gasteiger partial charge on any atom is -0.480 e. The Morgan fingerprint density at radius 3 is 2.82 bits per heavy atom. The number of hydrogen-bond donors (Lipinski definition) is 2. The molecule has 0 aromatic heterocycles. The fourth-order valence-electron chi connectivity index (χ4n) is 2.72. The van der Waals surface area contributed by atoms with Gasteiger partial charge in [0.25, 0.3) is 0 Å². The number of thioether (sulfide) groups is 1. The summed E-state index contributed by atoms with van der Waals surface area (Å²) in [5.74, 6) is 0.286. The normalized spacial score (nSPS) is 33.0. The van der Waals surface area contributed by atoms with Crippen molar-refractivity contribution in [3.8, 4) is 0 Å². The van der Waals surface area contributed by atoms with E-state index in [1.807, 2.05) is 0 Å². The van der Waals surface area contributed by atoms with E-state index in [0.29, 0.717) is 18.2 Å². The van der Waals surface area contributed by atoms with Crippen molar-refractivity contribution in [1.29, 1.82) is 0 Å². The highest BCUT2D eigenvalue weighted by molar-refractivity contribution is 7.99. The first-order valence-corrected chi connectivity index (χ1v) is 7.11. The van der Waals surface area contributed by atoms with Crippen LogP contribution in [0.2, 0.25) is 0 Å². The summed E-state index contributed by atoms with van der Waals surface area (Å²) in [6.07, 6.45) is 2.87. The molecule has 1 aliphatic carbocycles. The summed E-state index contributed by atoms with van der Waals surface area (Å²) in [6, 6.07) is -0.647. The van der Waals surface area contributed by atoms with Gasteiger partial charge < -0.3 is 15.7 Å². The van der Waals surface area contributed by atoms with E-state index in [0.717, 1.165) is 19.3 Å². The van der Waals surface area contributed by atoms with E-state index < -0.39 is 12.0 Å². The molecule has 6 heteroatoms. The molecular formula is C11H18N2O3S. The quantitative estimate of drug-likeness (QED) is 0.763. The molecule has 2 fully saturated rings. The zero-order valence-corrected chi connectivity index (χ0v) is 10.5. The van der Waals surface area contributed by atoms with Crippen molar-refractivity contribution in [3.05, 3.63) is 0 Å². The molecule has 0 spiro atoms. The van der Waals surface area contributed by atoms with Crippen molar-refractivity contribution in [2.75, 3.05) is 18.2 Å². The number of carbonyl (C=O) groups is 2. The number of carboxylic acids is 1. The van der Waals surface area contributed by atoms with Crippen LogP contribution in [0, 0.1) is 11.8 Å². The summed E-state index contributed by atoms with van der Waals surface area (Å²) in [5.41, 5.74) is 5.66. The third-order valence-electron chi connectivity index (χ3n) is 3.73. The van der Waals surface area contributed by atoms with E-state index in [1.54, 1.807) is 0 Å². The van der Waals surface area contributed by atoms with E-state index in [4.69, 9.17) is 10.8 Å². The van der Waals surface area contributed by atoms with Crippen LogP contribution in [-0.2, 0) is 9.59 Å². The van der Waals surface area contributed by atoms with Gasteiger partial charge in [0.05, 0.1) is 5.88 Å². The van der Waals surface area contributed by atoms with E-state index in [9.17, 15) is 9.59 Å². The fraction of sp³-hybridized carbons (Fsp3) is 0.818. The minimum atomic E-state index is -0.898. The number of nitrogens with two attached hydrogens (primary N) is 1. The molecule has 2 rings (SSSR count). The van der Waals surface area contributed by atoms with E-state index >= 15 is 0 Å². The molecule has 96 valence electrons. The monoisotopic (exact) mass is 258 g/mol. The van der Waals surface area contributed by atoms with Crippen LogP contribution in [0.25, 0.3) is 0 Å². The molecule has 1 amide bonds. The Balaban J connectivity index is 2.06. The average Bonchev–Trinajstić information content (AvgIpc) is 2.96. The number of amides is 1. The van der Waals surface area contributed by atoms with Gasteiger partial charge >= 0.3 is 5.97 Å². The zero-order valence-electron chi connectivity index (χ0n) is 9.67. The van der Waals surface area contributed by atoms with E-state index in [1.165, 1.54) is 16.7 Å². The predicted molar refractivity (Wildman–Crippen MR) is 65.5 cm³/mol. The minimum absolute atomic E-state index is 0.00431. The molecule has 2 unspecified atom stereocenters. The second-order valence-corrected chi connectivity index (χ2v) is 5.69. The van der Waals surface area contributed by atoms with Gasteiger partial charge in [-0.1, -0.05) is 6.42 Å². The maximum Gasteiger partial charge on any atom is 0.327 e. The molecule has 1 aliphatic heterocycles. The van der Waals surface area contributed by atoms with E-state index in [-0.39, 0.29) is 17.7 Å². The van der Waals surface area contributed by atoms with Crippen LogP contribution >= 0.6 is 11.8 Å². The fourth-order valence-corrected chi connectivity index (χ4v) is 3.88. The number of hydrogen-bond acceptors (Lipinski definition) is 4. The summed E-state index contributed by atoms with van der Waals surface area (Å²) < 4.78 is 0. The lowest BCUT2D eigenvalue weighted by Gasteiger charge is -2.26. The number of rotatable bonds is 3. The van der Waals surface area contributed by atoms with Crippen molar-refractivity contribution in [3.63, 3.8) is 0 Å². The van der Waals surface area contributed by atoms with Crippen molar-refractivity contribution in [1.82, 2.24) is 4.90 Å². The van der Waals surface area contributed by atoms with Crippen LogP contribution in [0.15, 0.2) is 0 Å². The second kappa shape index (κ2) is 5.27. The van der Waals surface area contributed by atoms with Gasteiger partial charge in [0.2, 0.25) is 5.91 Å². The predicted octanol–water partition coefficient (Wildman–Crippen LogP) is 0.347. The number of aliphatic carboxylic acids is 1. The van der Waals surface area contributed by atoms with Crippen molar-refractivity contribution < 1.29 is 14.7 Å². The molecule has 2 aliphatic rings. The standard InChI is InChI=1S/C11H18N2O3S/c12-4-7-2-1-3-8(7)10(14)13-6-17-5-9(13)11(15)16/h7-9H,1-6,12H2,(H,15,16)/t7?,8?,9-/m0/s1. The SMILES string of the molecule is NCC1CCCC1C(=O)N1CSC[C@H]1C(=O)O. The summed E-state index contributed by atoms with van der Waals surface area (Å²) >= 11 is 1.51. The zero-order chi connectivity index (χ0) is 12.4. The Kier molecular flexibility index (Phi) is 3.93. The first-order valence-electron chi connectivity index (χ1n) is 5.96. The summed E-state index contributed by atoms with van der Waals surface area (Å²) in [6.45, 7) is 0.523. The Labute approximate surface area is 105 Å². The highest BCUT2D eigenvalue weighted by Crippen LogP contribution is 2.34. The Hall–Kier alpha value is -0.750. The molecule has 3 atom stereocenters. The van der Waals surface area contributed by atoms with Gasteiger partial charge in [0.15, 0.2) is 0 Å². The lowest BCUT2D eigenvalue weighted by Crippen LogP contribution is -2.45. The Bertz CT molecular complexity index is 324. The molecule has 0 aromatic carbocycles. The maximum absolute atomic E-state index is 12.3. The van der Waals surface area contributed by atoms with Gasteiger partial charge in [0.1, 0.15) is 6.04 Å². The van der Waals surface area contributed by atoms with Gasteiger partial charge in [-0.2, -0.15) is 0 Å². The lowest BCUT2D eigenvalue weighted by atomic mass is 9.94. The third kappa shape index (κ3) is 2.42. The summed E-state index contributed by atoms with van der Waals surface area (Å²) in [4.78, 5) is 24.9. The van der Waals surface area contributed by atoms with Crippen molar-refractivity contribution >= 4 is 23.6 Å². The maximum atomic E-state index is 12.3. The van der Waals surface area contributed by atoms with Crippen molar-refractivity contribution in [2.24, 2.45) is 17.6 Å². The second-order valence-electron chi connectivity index (χ2n) is 4.70. The molecule has 3 N–H and O–H groups in total. The first-order chi connectivity index (χ1) is 8.15. The van der Waals surface area contributed by atoms with Crippen LogP contribution in [-0.4, -0.2) is 46.1 Å². The van der Waals surface area contributed by atoms with Crippen LogP contribution < -0.4 is 5.73 Å². The van der Waals surface area contributed by atoms with Gasteiger partial charge in [-0.15, -0.1) is 11.8 Å². The smallest absolute Gasteiger partial charge is 0.327 e. The van der Waals surface area contributed by atoms with Gasteiger partial charge in [0, 0.05) is 11.7 Å². The number of nitrogens with zero attached hydrogens (tertiary/aromatic N) is 1. The summed E-state index contributed by atoms with van der Waals surface area (Å²) in [5, 5.41) is 9.07. The van der Waals surface area contributed by atoms with E-state index in [2.05, 4.69) is 0 Å². The van der Waals surface area contributed by atoms with Gasteiger partial charge in [-0.05, 0) is 25.3 Å². The van der Waals surface area contributed by atoms with Crippen molar-refractivity contribution in [2.45, 2.75) is 25.3 Å². The van der Waals surface area contributed by atoms with Crippen LogP contribution in [0.1, 0.15) is 19.3 Å². The molecular weight excluding hydrogens is 240 g/mol. The summed E-state index contributed by atoms with van der Waals surface area (Å²) in [7, 11) is 0. The molecule has 0 radical (unpaired) electrons. The van der Waals surface area contributed by atoms with Crippen LogP contribution in [0.5, 0.6) is 0 Å². The van der Waals surface area contributed by atoms with Crippen LogP contribution in [0.3, 0.4) is 0 Å². The Morgan fingerprint density at radius 2 is 2.18 bits per heavy atom. The molecule has 0 aromatic rings. The first kappa shape index (κ1) is 12.7. The highest BCUT2D eigenvalue weighted by Gasteiger charge is 2.41. The molecule has 5 nitrogen and oxygen atoms in total. The Morgan fingerprint density at radius 1 is 1.41 bits per heavy atom. The largest absolute Gasteiger partial charge is 0.480 e. The molecule has 1 saturated carbocycles. The molecule has 17 heavy (non-hydrogen) atoms. The van der Waals surface area contributed by atoms with Gasteiger partial charge in [-0.25, -0.2) is 4.79 Å². The highest BCUT2D eigenvalue weighted by atomic mass is 32.2. The number of carboxylic acid groups (broad SMARTS) is 1. The molecule has 0 bridgehead atoms. The van der Waals surface area contributed by atoms with Gasteiger partial charge in [-0.3, -0.25) is 4.79 Å².